The first-order chi connectivity index (χ1) is 11.8. The number of aliphatic carboxylic acids is 1. The number of halogens is 2. The molecule has 1 aromatic heterocycles. The average molecular weight is 386 g/mol. The van der Waals surface area contributed by atoms with E-state index in [1.165, 1.54) is 6.07 Å². The van der Waals surface area contributed by atoms with Crippen molar-refractivity contribution in [2.45, 2.75) is 26.2 Å². The number of ether oxygens (including phenoxy) is 1. The van der Waals surface area contributed by atoms with Crippen LogP contribution in [0.1, 0.15) is 31.7 Å². The highest BCUT2D eigenvalue weighted by Crippen LogP contribution is 2.38. The van der Waals surface area contributed by atoms with Crippen molar-refractivity contribution in [3.05, 3.63) is 44.2 Å². The van der Waals surface area contributed by atoms with Gasteiger partial charge in [0.15, 0.2) is 5.75 Å². The Balaban J connectivity index is 2.21. The third-order valence-corrected chi connectivity index (χ3v) is 3.87. The molecule has 1 aromatic carbocycles. The van der Waals surface area contributed by atoms with Crippen LogP contribution in [-0.2, 0) is 4.79 Å². The third-order valence-electron chi connectivity index (χ3n) is 3.30. The molecule has 0 saturated heterocycles. The number of aromatic nitrogens is 2. The number of aromatic amines is 1. The summed E-state index contributed by atoms with van der Waals surface area (Å²) in [6.07, 6.45) is -0.0350. The van der Waals surface area contributed by atoms with Gasteiger partial charge in [-0.25, -0.2) is 5.10 Å². The Kier molecular flexibility index (Phi) is 6.27. The van der Waals surface area contributed by atoms with E-state index in [0.29, 0.717) is 11.3 Å². The molecule has 0 fully saturated rings. The molecule has 1 heterocycles. The summed E-state index contributed by atoms with van der Waals surface area (Å²) >= 11 is 12.4. The van der Waals surface area contributed by atoms with Gasteiger partial charge in [-0.05, 0) is 18.1 Å². The molecule has 0 bridgehead atoms. The zero-order chi connectivity index (χ0) is 18.6. The van der Waals surface area contributed by atoms with Gasteiger partial charge in [0.05, 0.1) is 16.5 Å². The van der Waals surface area contributed by atoms with Gasteiger partial charge in [-0.2, -0.15) is 0 Å². The highest BCUT2D eigenvalue weighted by atomic mass is 35.5. The zero-order valence-corrected chi connectivity index (χ0v) is 15.1. The van der Waals surface area contributed by atoms with Crippen molar-refractivity contribution in [3.8, 4) is 11.6 Å². The van der Waals surface area contributed by atoms with Crippen LogP contribution < -0.4 is 15.6 Å². The third kappa shape index (κ3) is 5.11. The second-order valence-electron chi connectivity index (χ2n) is 5.59. The molecule has 3 N–H and O–H groups in total. The van der Waals surface area contributed by atoms with Gasteiger partial charge in [0.1, 0.15) is 0 Å². The molecule has 9 heteroatoms. The van der Waals surface area contributed by atoms with Crippen molar-refractivity contribution in [1.82, 2.24) is 10.2 Å². The number of carboxylic acids is 1. The lowest BCUT2D eigenvalue weighted by atomic mass is 10.1. The molecule has 0 amide bonds. The lowest BCUT2D eigenvalue weighted by molar-refractivity contribution is -0.136. The lowest BCUT2D eigenvalue weighted by Gasteiger charge is -2.12. The molecule has 2 aromatic rings. The number of hydrogen-bond donors (Lipinski definition) is 3. The summed E-state index contributed by atoms with van der Waals surface area (Å²) < 4.78 is 5.62. The van der Waals surface area contributed by atoms with E-state index in [4.69, 9.17) is 33.0 Å². The van der Waals surface area contributed by atoms with E-state index in [1.807, 2.05) is 13.8 Å². The minimum absolute atomic E-state index is 0.000792. The summed E-state index contributed by atoms with van der Waals surface area (Å²) in [4.78, 5) is 22.3. The highest BCUT2D eigenvalue weighted by Gasteiger charge is 2.14. The molecule has 134 valence electrons. The SMILES string of the molecule is CC(C)c1cc(Oc2c(Cl)cc(NCCC(=O)O)cc2Cl)n[nH]c1=O. The maximum absolute atomic E-state index is 11.7. The lowest BCUT2D eigenvalue weighted by Crippen LogP contribution is -2.15. The van der Waals surface area contributed by atoms with Gasteiger partial charge in [-0.15, -0.1) is 5.10 Å². The van der Waals surface area contributed by atoms with Crippen LogP contribution in [0.2, 0.25) is 10.0 Å². The number of H-pyrrole nitrogens is 1. The van der Waals surface area contributed by atoms with E-state index in [9.17, 15) is 9.59 Å². The number of benzene rings is 1. The number of nitrogens with zero attached hydrogens (tertiary/aromatic N) is 1. The summed E-state index contributed by atoms with van der Waals surface area (Å²) in [6, 6.07) is 4.68. The van der Waals surface area contributed by atoms with Crippen LogP contribution in [0.25, 0.3) is 0 Å². The van der Waals surface area contributed by atoms with Crippen LogP contribution in [0.15, 0.2) is 23.0 Å². The fraction of sp³-hybridized carbons (Fsp3) is 0.312. The van der Waals surface area contributed by atoms with Gasteiger partial charge in [0, 0.05) is 23.9 Å². The molecule has 0 aliphatic rings. The fourth-order valence-electron chi connectivity index (χ4n) is 2.06. The summed E-state index contributed by atoms with van der Waals surface area (Å²) in [7, 11) is 0. The van der Waals surface area contributed by atoms with Crippen LogP contribution in [0, 0.1) is 0 Å². The molecule has 0 radical (unpaired) electrons. The van der Waals surface area contributed by atoms with Crippen molar-refractivity contribution in [2.24, 2.45) is 0 Å². The maximum Gasteiger partial charge on any atom is 0.305 e. The first-order valence-corrected chi connectivity index (χ1v) is 8.25. The second kappa shape index (κ2) is 8.22. The number of hydrogen-bond acceptors (Lipinski definition) is 5. The molecule has 0 unspecified atom stereocenters. The molecule has 0 spiro atoms. The monoisotopic (exact) mass is 385 g/mol. The number of nitrogens with one attached hydrogen (secondary N) is 2. The van der Waals surface area contributed by atoms with Crippen molar-refractivity contribution in [2.75, 3.05) is 11.9 Å². The minimum Gasteiger partial charge on any atom is -0.481 e. The molecule has 2 rings (SSSR count). The number of carbonyl (C=O) groups is 1. The Labute approximate surface area is 153 Å². The number of carboxylic acid groups (broad SMARTS) is 1. The van der Waals surface area contributed by atoms with Crippen molar-refractivity contribution in [3.63, 3.8) is 0 Å². The number of rotatable bonds is 7. The molecule has 0 atom stereocenters. The largest absolute Gasteiger partial charge is 0.481 e. The Bertz CT molecular complexity index is 813. The summed E-state index contributed by atoms with van der Waals surface area (Å²) in [5, 5.41) is 18.2. The Morgan fingerprint density at radius 2 is 1.96 bits per heavy atom. The van der Waals surface area contributed by atoms with Gasteiger partial charge in [0.2, 0.25) is 5.88 Å². The first kappa shape index (κ1) is 19.1. The van der Waals surface area contributed by atoms with Gasteiger partial charge < -0.3 is 15.2 Å². The van der Waals surface area contributed by atoms with E-state index < -0.39 is 5.97 Å². The first-order valence-electron chi connectivity index (χ1n) is 7.50. The van der Waals surface area contributed by atoms with Gasteiger partial charge in [-0.3, -0.25) is 9.59 Å². The molecule has 0 aliphatic carbocycles. The Morgan fingerprint density at radius 1 is 1.32 bits per heavy atom. The van der Waals surface area contributed by atoms with Gasteiger partial charge in [-0.1, -0.05) is 37.0 Å². The van der Waals surface area contributed by atoms with E-state index in [1.54, 1.807) is 12.1 Å². The molecule has 25 heavy (non-hydrogen) atoms. The van der Waals surface area contributed by atoms with Crippen LogP contribution in [0.4, 0.5) is 5.69 Å². The number of anilines is 1. The normalized spacial score (nSPS) is 10.8. The topological polar surface area (TPSA) is 104 Å². The zero-order valence-electron chi connectivity index (χ0n) is 13.6. The maximum atomic E-state index is 11.7. The van der Waals surface area contributed by atoms with Crippen molar-refractivity contribution < 1.29 is 14.6 Å². The summed E-state index contributed by atoms with van der Waals surface area (Å²) in [6.45, 7) is 4.00. The van der Waals surface area contributed by atoms with Crippen molar-refractivity contribution >= 4 is 34.9 Å². The molecule has 0 aliphatic heterocycles. The van der Waals surface area contributed by atoms with E-state index in [-0.39, 0.29) is 46.1 Å². The van der Waals surface area contributed by atoms with Gasteiger partial charge in [0.25, 0.3) is 5.56 Å². The minimum atomic E-state index is -0.908. The molecule has 0 saturated carbocycles. The smallest absolute Gasteiger partial charge is 0.305 e. The van der Waals surface area contributed by atoms with Crippen LogP contribution in [0.5, 0.6) is 11.6 Å². The molecule has 7 nitrogen and oxygen atoms in total. The second-order valence-corrected chi connectivity index (χ2v) is 6.40. The Hall–Kier alpha value is -2.25. The van der Waals surface area contributed by atoms with Gasteiger partial charge >= 0.3 is 5.97 Å². The predicted octanol–water partition coefficient (Wildman–Crippen LogP) is 3.88. The fourth-order valence-corrected chi connectivity index (χ4v) is 2.62. The summed E-state index contributed by atoms with van der Waals surface area (Å²) in [5.41, 5.74) is 0.822. The van der Waals surface area contributed by atoms with E-state index >= 15 is 0 Å². The predicted molar refractivity (Wildman–Crippen MR) is 96.2 cm³/mol. The molecular weight excluding hydrogens is 369 g/mol. The van der Waals surface area contributed by atoms with Crippen molar-refractivity contribution in [1.29, 1.82) is 0 Å². The standard InChI is InChI=1S/C16H17Cl2N3O4/c1-8(2)10-7-13(20-21-16(10)24)25-15-11(17)5-9(6-12(15)18)19-4-3-14(22)23/h5-8,19H,3-4H2,1-2H3,(H,21,24)(H,22,23). The summed E-state index contributed by atoms with van der Waals surface area (Å²) in [5.74, 6) is -0.546. The van der Waals surface area contributed by atoms with E-state index in [0.717, 1.165) is 0 Å². The highest BCUT2D eigenvalue weighted by molar-refractivity contribution is 6.37. The van der Waals surface area contributed by atoms with Crippen LogP contribution in [0.3, 0.4) is 0 Å². The quantitative estimate of drug-likeness (QED) is 0.667. The van der Waals surface area contributed by atoms with E-state index in [2.05, 4.69) is 15.5 Å². The Morgan fingerprint density at radius 3 is 2.52 bits per heavy atom. The average Bonchev–Trinajstić information content (AvgIpc) is 2.51. The van der Waals surface area contributed by atoms with Crippen LogP contribution in [-0.4, -0.2) is 27.8 Å². The van der Waals surface area contributed by atoms with Crippen LogP contribution >= 0.6 is 23.2 Å². The molecular formula is C16H17Cl2N3O4.